The molecule has 2 aromatic carbocycles. The van der Waals surface area contributed by atoms with E-state index < -0.39 is 0 Å². The lowest BCUT2D eigenvalue weighted by Crippen LogP contribution is -1.89. The van der Waals surface area contributed by atoms with Gasteiger partial charge in [0.15, 0.2) is 0 Å². The van der Waals surface area contributed by atoms with Gasteiger partial charge in [0.1, 0.15) is 10.8 Å². The molecule has 0 aliphatic rings. The van der Waals surface area contributed by atoms with Gasteiger partial charge < -0.3 is 0 Å². The van der Waals surface area contributed by atoms with Crippen molar-refractivity contribution in [3.8, 4) is 11.3 Å². The Hall–Kier alpha value is -2.05. The SMILES string of the molecule is Fc1ccc(Cc2nn3cc(-c4ccc(Br)cc4)nc3s2)cc1. The van der Waals surface area contributed by atoms with E-state index in [1.54, 1.807) is 28.0 Å². The van der Waals surface area contributed by atoms with Crippen molar-refractivity contribution in [2.75, 3.05) is 0 Å². The lowest BCUT2D eigenvalue weighted by atomic mass is 10.2. The minimum absolute atomic E-state index is 0.221. The molecule has 2 heterocycles. The van der Waals surface area contributed by atoms with Crippen molar-refractivity contribution < 1.29 is 4.39 Å². The number of imidazole rings is 1. The third-order valence-corrected chi connectivity index (χ3v) is 4.94. The van der Waals surface area contributed by atoms with Gasteiger partial charge in [-0.25, -0.2) is 13.9 Å². The summed E-state index contributed by atoms with van der Waals surface area (Å²) in [6.07, 6.45) is 2.62. The first kappa shape index (κ1) is 14.5. The number of hydrogen-bond acceptors (Lipinski definition) is 3. The van der Waals surface area contributed by atoms with Gasteiger partial charge >= 0.3 is 0 Å². The molecule has 0 aliphatic carbocycles. The molecule has 0 N–H and O–H groups in total. The molecule has 0 amide bonds. The highest BCUT2D eigenvalue weighted by Crippen LogP contribution is 2.24. The van der Waals surface area contributed by atoms with Crippen LogP contribution in [0.4, 0.5) is 4.39 Å². The van der Waals surface area contributed by atoms with Crippen molar-refractivity contribution in [2.24, 2.45) is 0 Å². The Balaban J connectivity index is 1.61. The zero-order valence-electron chi connectivity index (χ0n) is 11.9. The summed E-state index contributed by atoms with van der Waals surface area (Å²) >= 11 is 4.98. The Labute approximate surface area is 144 Å². The third kappa shape index (κ3) is 3.04. The first-order valence-corrected chi connectivity index (χ1v) is 8.64. The van der Waals surface area contributed by atoms with E-state index in [1.807, 2.05) is 30.5 Å². The minimum atomic E-state index is -0.221. The summed E-state index contributed by atoms with van der Waals surface area (Å²) in [5.41, 5.74) is 3.01. The van der Waals surface area contributed by atoms with E-state index in [1.165, 1.54) is 12.1 Å². The van der Waals surface area contributed by atoms with Crippen LogP contribution in [0.3, 0.4) is 0 Å². The van der Waals surface area contributed by atoms with Gasteiger partial charge in [-0.2, -0.15) is 5.10 Å². The third-order valence-electron chi connectivity index (χ3n) is 3.49. The van der Waals surface area contributed by atoms with E-state index in [9.17, 15) is 4.39 Å². The predicted octanol–water partition coefficient (Wildman–Crippen LogP) is 4.95. The number of aromatic nitrogens is 3. The quantitative estimate of drug-likeness (QED) is 0.497. The van der Waals surface area contributed by atoms with Crippen LogP contribution in [0.5, 0.6) is 0 Å². The molecule has 0 saturated heterocycles. The van der Waals surface area contributed by atoms with Crippen LogP contribution < -0.4 is 0 Å². The number of nitrogens with zero attached hydrogens (tertiary/aromatic N) is 3. The van der Waals surface area contributed by atoms with Crippen LogP contribution in [0.1, 0.15) is 10.6 Å². The first-order chi connectivity index (χ1) is 11.2. The van der Waals surface area contributed by atoms with Crippen LogP contribution in [0.15, 0.2) is 59.2 Å². The molecule has 3 nitrogen and oxygen atoms in total. The number of halogens is 2. The van der Waals surface area contributed by atoms with Crippen LogP contribution in [0.2, 0.25) is 0 Å². The van der Waals surface area contributed by atoms with E-state index in [4.69, 9.17) is 0 Å². The Kier molecular flexibility index (Phi) is 3.71. The van der Waals surface area contributed by atoms with E-state index in [0.29, 0.717) is 6.42 Å². The second-order valence-electron chi connectivity index (χ2n) is 5.16. The molecule has 0 aliphatic heterocycles. The van der Waals surface area contributed by atoms with Gasteiger partial charge in [-0.15, -0.1) is 0 Å². The molecule has 0 radical (unpaired) electrons. The van der Waals surface area contributed by atoms with Gasteiger partial charge in [-0.1, -0.05) is 51.5 Å². The predicted molar refractivity (Wildman–Crippen MR) is 93.2 cm³/mol. The van der Waals surface area contributed by atoms with Crippen molar-refractivity contribution in [1.82, 2.24) is 14.6 Å². The molecule has 2 aromatic heterocycles. The molecule has 0 bridgehead atoms. The van der Waals surface area contributed by atoms with Gasteiger partial charge in [0.2, 0.25) is 4.96 Å². The normalized spacial score (nSPS) is 11.2. The molecule has 4 aromatic rings. The summed E-state index contributed by atoms with van der Waals surface area (Å²) in [6.45, 7) is 0. The summed E-state index contributed by atoms with van der Waals surface area (Å²) in [5, 5.41) is 5.52. The fourth-order valence-electron chi connectivity index (χ4n) is 2.35. The molecular formula is C17H11BrFN3S. The summed E-state index contributed by atoms with van der Waals surface area (Å²) in [4.78, 5) is 5.49. The molecule has 0 atom stereocenters. The average Bonchev–Trinajstić information content (AvgIpc) is 3.09. The lowest BCUT2D eigenvalue weighted by Gasteiger charge is -1.97. The first-order valence-electron chi connectivity index (χ1n) is 7.03. The van der Waals surface area contributed by atoms with Gasteiger partial charge in [0.25, 0.3) is 0 Å². The molecule has 0 saturated carbocycles. The summed E-state index contributed by atoms with van der Waals surface area (Å²) < 4.78 is 15.8. The highest BCUT2D eigenvalue weighted by molar-refractivity contribution is 9.10. The van der Waals surface area contributed by atoms with Gasteiger partial charge in [-0.05, 0) is 29.8 Å². The molecule has 6 heteroatoms. The smallest absolute Gasteiger partial charge is 0.212 e. The van der Waals surface area contributed by atoms with Crippen molar-refractivity contribution in [2.45, 2.75) is 6.42 Å². The highest BCUT2D eigenvalue weighted by atomic mass is 79.9. The maximum Gasteiger partial charge on any atom is 0.212 e. The van der Waals surface area contributed by atoms with E-state index >= 15 is 0 Å². The summed E-state index contributed by atoms with van der Waals surface area (Å²) in [6, 6.07) is 14.6. The van der Waals surface area contributed by atoms with E-state index in [0.717, 1.165) is 31.3 Å². The van der Waals surface area contributed by atoms with E-state index in [-0.39, 0.29) is 5.82 Å². The Morgan fingerprint density at radius 2 is 1.78 bits per heavy atom. The lowest BCUT2D eigenvalue weighted by molar-refractivity contribution is 0.627. The van der Waals surface area contributed by atoms with Crippen LogP contribution in [0, 0.1) is 5.82 Å². The molecule has 23 heavy (non-hydrogen) atoms. The largest absolute Gasteiger partial charge is 0.217 e. The fraction of sp³-hybridized carbons (Fsp3) is 0.0588. The Bertz CT molecular complexity index is 926. The Morgan fingerprint density at radius 1 is 1.04 bits per heavy atom. The van der Waals surface area contributed by atoms with Crippen LogP contribution in [-0.4, -0.2) is 14.6 Å². The van der Waals surface area contributed by atoms with Crippen LogP contribution in [0.25, 0.3) is 16.2 Å². The van der Waals surface area contributed by atoms with Crippen molar-refractivity contribution in [3.63, 3.8) is 0 Å². The highest BCUT2D eigenvalue weighted by Gasteiger charge is 2.10. The second kappa shape index (κ2) is 5.86. The molecule has 4 rings (SSSR count). The Morgan fingerprint density at radius 3 is 2.48 bits per heavy atom. The molecule has 0 fully saturated rings. The van der Waals surface area contributed by atoms with Crippen molar-refractivity contribution in [1.29, 1.82) is 0 Å². The number of benzene rings is 2. The summed E-state index contributed by atoms with van der Waals surface area (Å²) in [7, 11) is 0. The van der Waals surface area contributed by atoms with Crippen LogP contribution >= 0.6 is 27.3 Å². The van der Waals surface area contributed by atoms with Gasteiger partial charge in [0, 0.05) is 16.5 Å². The molecule has 114 valence electrons. The monoisotopic (exact) mass is 387 g/mol. The standard InChI is InChI=1S/C17H11BrFN3S/c18-13-5-3-12(4-6-13)15-10-22-17(20-15)23-16(21-22)9-11-1-7-14(19)8-2-11/h1-8,10H,9H2. The molecule has 0 spiro atoms. The topological polar surface area (TPSA) is 30.2 Å². The average molecular weight is 388 g/mol. The van der Waals surface area contributed by atoms with Gasteiger partial charge in [0.05, 0.1) is 11.9 Å². The zero-order chi connectivity index (χ0) is 15.8. The fourth-order valence-corrected chi connectivity index (χ4v) is 3.52. The second-order valence-corrected chi connectivity index (χ2v) is 7.12. The maximum absolute atomic E-state index is 12.9. The number of hydrogen-bond donors (Lipinski definition) is 0. The molecule has 0 unspecified atom stereocenters. The van der Waals surface area contributed by atoms with Gasteiger partial charge in [-0.3, -0.25) is 0 Å². The minimum Gasteiger partial charge on any atom is -0.217 e. The zero-order valence-corrected chi connectivity index (χ0v) is 14.3. The van der Waals surface area contributed by atoms with Crippen molar-refractivity contribution in [3.05, 3.63) is 75.6 Å². The number of fused-ring (bicyclic) bond motifs is 1. The van der Waals surface area contributed by atoms with Crippen LogP contribution in [-0.2, 0) is 6.42 Å². The van der Waals surface area contributed by atoms with Crippen molar-refractivity contribution >= 4 is 32.2 Å². The molecular weight excluding hydrogens is 377 g/mol. The maximum atomic E-state index is 12.9. The number of rotatable bonds is 3. The van der Waals surface area contributed by atoms with E-state index in [2.05, 4.69) is 26.0 Å². The summed E-state index contributed by atoms with van der Waals surface area (Å²) in [5.74, 6) is -0.221.